The van der Waals surface area contributed by atoms with Crippen LogP contribution < -0.4 is 15.6 Å². The van der Waals surface area contributed by atoms with Crippen molar-refractivity contribution in [3.8, 4) is 5.75 Å². The summed E-state index contributed by atoms with van der Waals surface area (Å²) in [5, 5.41) is 2.72. The number of aromatic amines is 1. The molecule has 20 heavy (non-hydrogen) atoms. The largest absolute Gasteiger partial charge is 0.478 e. The number of carbonyl (C=O) groups excluding carboxylic acids is 1. The van der Waals surface area contributed by atoms with Gasteiger partial charge in [-0.1, -0.05) is 6.07 Å². The van der Waals surface area contributed by atoms with Crippen molar-refractivity contribution in [2.45, 2.75) is 13.8 Å². The van der Waals surface area contributed by atoms with Crippen LogP contribution in [0.2, 0.25) is 0 Å². The van der Waals surface area contributed by atoms with Crippen molar-refractivity contribution in [1.82, 2.24) is 4.98 Å². The molecule has 0 atom stereocenters. The van der Waals surface area contributed by atoms with Gasteiger partial charge in [-0.25, -0.2) is 0 Å². The van der Waals surface area contributed by atoms with Gasteiger partial charge in [-0.05, 0) is 49.2 Å². The minimum absolute atomic E-state index is 0.128. The van der Waals surface area contributed by atoms with Crippen molar-refractivity contribution in [3.05, 3.63) is 58.0 Å². The van der Waals surface area contributed by atoms with E-state index >= 15 is 0 Å². The van der Waals surface area contributed by atoms with Crippen LogP contribution in [0, 0.1) is 13.8 Å². The average molecular weight is 272 g/mol. The summed E-state index contributed by atoms with van der Waals surface area (Å²) in [6.45, 7) is 3.77. The number of rotatable bonds is 4. The number of ether oxygens (including phenoxy) is 1. The molecule has 1 aromatic heterocycles. The van der Waals surface area contributed by atoms with Crippen molar-refractivity contribution in [3.63, 3.8) is 0 Å². The zero-order chi connectivity index (χ0) is 14.5. The Morgan fingerprint density at radius 3 is 2.75 bits per heavy atom. The number of aryl methyl sites for hydroxylation is 2. The van der Waals surface area contributed by atoms with E-state index in [-0.39, 0.29) is 23.8 Å². The fraction of sp³-hybridized carbons (Fsp3) is 0.200. The maximum Gasteiger partial charge on any atom is 0.290 e. The summed E-state index contributed by atoms with van der Waals surface area (Å²) in [4.78, 5) is 25.6. The number of nitrogens with one attached hydrogen (secondary N) is 2. The van der Waals surface area contributed by atoms with Gasteiger partial charge in [-0.15, -0.1) is 0 Å². The normalized spacial score (nSPS) is 10.1. The molecule has 2 aromatic rings. The molecule has 0 saturated carbocycles. The third kappa shape index (κ3) is 3.47. The Balaban J connectivity index is 1.94. The average Bonchev–Trinajstić information content (AvgIpc) is 2.42. The summed E-state index contributed by atoms with van der Waals surface area (Å²) in [7, 11) is 0. The summed E-state index contributed by atoms with van der Waals surface area (Å²) in [5.74, 6) is -0.181. The van der Waals surface area contributed by atoms with Gasteiger partial charge < -0.3 is 15.0 Å². The first-order chi connectivity index (χ1) is 9.56. The molecule has 1 amide bonds. The first-order valence-corrected chi connectivity index (χ1v) is 6.24. The predicted octanol–water partition coefficient (Wildman–Crippen LogP) is 2.01. The van der Waals surface area contributed by atoms with Crippen LogP contribution in [0.1, 0.15) is 11.1 Å². The van der Waals surface area contributed by atoms with Crippen LogP contribution in [0.3, 0.4) is 0 Å². The lowest BCUT2D eigenvalue weighted by Gasteiger charge is -2.08. The number of hydrogen-bond donors (Lipinski definition) is 2. The predicted molar refractivity (Wildman–Crippen MR) is 77.1 cm³/mol. The zero-order valence-electron chi connectivity index (χ0n) is 11.4. The first-order valence-electron chi connectivity index (χ1n) is 6.24. The van der Waals surface area contributed by atoms with E-state index < -0.39 is 0 Å². The molecule has 0 aliphatic carbocycles. The molecule has 104 valence electrons. The highest BCUT2D eigenvalue weighted by molar-refractivity contribution is 5.92. The van der Waals surface area contributed by atoms with Crippen molar-refractivity contribution in [2.75, 3.05) is 11.9 Å². The van der Waals surface area contributed by atoms with Crippen LogP contribution in [-0.4, -0.2) is 17.5 Å². The summed E-state index contributed by atoms with van der Waals surface area (Å²) in [6, 6.07) is 8.81. The van der Waals surface area contributed by atoms with Crippen molar-refractivity contribution in [2.24, 2.45) is 0 Å². The molecule has 0 bridgehead atoms. The molecule has 0 radical (unpaired) electrons. The molecule has 2 N–H and O–H groups in total. The third-order valence-corrected chi connectivity index (χ3v) is 2.93. The van der Waals surface area contributed by atoms with Crippen molar-refractivity contribution in [1.29, 1.82) is 0 Å². The van der Waals surface area contributed by atoms with E-state index in [0.29, 0.717) is 5.69 Å². The SMILES string of the molecule is Cc1ccc(NC(=O)COc2ccc[nH]c2=O)cc1C. The lowest BCUT2D eigenvalue weighted by atomic mass is 10.1. The molecule has 0 aliphatic rings. The maximum absolute atomic E-state index is 11.7. The van der Waals surface area contributed by atoms with Crippen LogP contribution in [0.4, 0.5) is 5.69 Å². The Hall–Kier alpha value is -2.56. The van der Waals surface area contributed by atoms with E-state index in [0.717, 1.165) is 11.1 Å². The molecule has 0 spiro atoms. The molecule has 2 rings (SSSR count). The second-order valence-electron chi connectivity index (χ2n) is 4.50. The first kappa shape index (κ1) is 13.9. The van der Waals surface area contributed by atoms with E-state index in [1.54, 1.807) is 6.07 Å². The molecule has 5 nitrogen and oxygen atoms in total. The monoisotopic (exact) mass is 272 g/mol. The molecule has 0 fully saturated rings. The molecule has 0 aliphatic heterocycles. The molecule has 1 aromatic carbocycles. The number of aromatic nitrogens is 1. The van der Waals surface area contributed by atoms with E-state index in [9.17, 15) is 9.59 Å². The van der Waals surface area contributed by atoms with Crippen LogP contribution in [0.5, 0.6) is 5.75 Å². The van der Waals surface area contributed by atoms with Gasteiger partial charge in [0, 0.05) is 11.9 Å². The number of benzene rings is 1. The van der Waals surface area contributed by atoms with Gasteiger partial charge in [0.25, 0.3) is 11.5 Å². The van der Waals surface area contributed by atoms with E-state index in [2.05, 4.69) is 10.3 Å². The summed E-state index contributed by atoms with van der Waals surface area (Å²) < 4.78 is 5.17. The van der Waals surface area contributed by atoms with Crippen LogP contribution in [0.25, 0.3) is 0 Å². The summed E-state index contributed by atoms with van der Waals surface area (Å²) >= 11 is 0. The number of anilines is 1. The summed E-state index contributed by atoms with van der Waals surface area (Å²) in [6.07, 6.45) is 1.50. The van der Waals surface area contributed by atoms with Crippen molar-refractivity contribution >= 4 is 11.6 Å². The van der Waals surface area contributed by atoms with Crippen LogP contribution >= 0.6 is 0 Å². The second kappa shape index (κ2) is 6.06. The number of carbonyl (C=O) groups is 1. The molecular weight excluding hydrogens is 256 g/mol. The third-order valence-electron chi connectivity index (χ3n) is 2.93. The Kier molecular flexibility index (Phi) is 4.20. The Labute approximate surface area is 116 Å². The maximum atomic E-state index is 11.7. The zero-order valence-corrected chi connectivity index (χ0v) is 11.4. The number of H-pyrrole nitrogens is 1. The minimum Gasteiger partial charge on any atom is -0.478 e. The Bertz CT molecular complexity index is 677. The molecule has 1 heterocycles. The lowest BCUT2D eigenvalue weighted by molar-refractivity contribution is -0.118. The smallest absolute Gasteiger partial charge is 0.290 e. The topological polar surface area (TPSA) is 71.2 Å². The van der Waals surface area contributed by atoms with Crippen LogP contribution in [-0.2, 0) is 4.79 Å². The Morgan fingerprint density at radius 2 is 2.05 bits per heavy atom. The number of amides is 1. The van der Waals surface area contributed by atoms with Gasteiger partial charge in [-0.3, -0.25) is 9.59 Å². The minimum atomic E-state index is -0.355. The van der Waals surface area contributed by atoms with Gasteiger partial charge in [-0.2, -0.15) is 0 Å². The van der Waals surface area contributed by atoms with Gasteiger partial charge >= 0.3 is 0 Å². The highest BCUT2D eigenvalue weighted by atomic mass is 16.5. The Morgan fingerprint density at radius 1 is 1.25 bits per heavy atom. The number of hydrogen-bond acceptors (Lipinski definition) is 3. The van der Waals surface area contributed by atoms with E-state index in [1.165, 1.54) is 12.3 Å². The number of pyridine rings is 1. The van der Waals surface area contributed by atoms with Gasteiger partial charge in [0.05, 0.1) is 0 Å². The lowest BCUT2D eigenvalue weighted by Crippen LogP contribution is -2.22. The van der Waals surface area contributed by atoms with Gasteiger partial charge in [0.2, 0.25) is 0 Å². The highest BCUT2D eigenvalue weighted by Gasteiger charge is 2.06. The second-order valence-corrected chi connectivity index (χ2v) is 4.50. The summed E-state index contributed by atoms with van der Waals surface area (Å²) in [5.41, 5.74) is 2.62. The van der Waals surface area contributed by atoms with E-state index in [1.807, 2.05) is 32.0 Å². The molecule has 5 heteroatoms. The molecule has 0 saturated heterocycles. The van der Waals surface area contributed by atoms with Crippen molar-refractivity contribution < 1.29 is 9.53 Å². The van der Waals surface area contributed by atoms with E-state index in [4.69, 9.17) is 4.74 Å². The molecule has 0 unspecified atom stereocenters. The molecular formula is C15H16N2O3. The standard InChI is InChI=1S/C15H16N2O3/c1-10-5-6-12(8-11(10)2)17-14(18)9-20-13-4-3-7-16-15(13)19/h3-8H,9H2,1-2H3,(H,16,19)(H,17,18). The van der Waals surface area contributed by atoms with Gasteiger partial charge in [0.1, 0.15) is 0 Å². The quantitative estimate of drug-likeness (QED) is 0.894. The fourth-order valence-corrected chi connectivity index (χ4v) is 1.68. The highest BCUT2D eigenvalue weighted by Crippen LogP contribution is 2.14. The fourth-order valence-electron chi connectivity index (χ4n) is 1.68. The van der Waals surface area contributed by atoms with Crippen LogP contribution in [0.15, 0.2) is 41.3 Å². The van der Waals surface area contributed by atoms with Gasteiger partial charge in [0.15, 0.2) is 12.4 Å².